The number of carboxylic acid groups (broad SMARTS) is 1. The van der Waals surface area contributed by atoms with Gasteiger partial charge in [0.15, 0.2) is 0 Å². The van der Waals surface area contributed by atoms with E-state index < -0.39 is 11.4 Å². The lowest BCUT2D eigenvalue weighted by atomic mass is 9.88. The molecule has 1 rings (SSSR count). The van der Waals surface area contributed by atoms with Gasteiger partial charge in [0.1, 0.15) is 0 Å². The summed E-state index contributed by atoms with van der Waals surface area (Å²) in [6.07, 6.45) is 5.63. The minimum absolute atomic E-state index is 0.568. The Bertz CT molecular complexity index is 234. The lowest BCUT2D eigenvalue weighted by molar-refractivity contribution is -0.147. The molecular formula is C13H25NO2. The minimum Gasteiger partial charge on any atom is -0.481 e. The Labute approximate surface area is 98.8 Å². The van der Waals surface area contributed by atoms with Crippen LogP contribution in [-0.2, 0) is 4.79 Å². The Morgan fingerprint density at radius 2 is 2.00 bits per heavy atom. The molecule has 0 heterocycles. The summed E-state index contributed by atoms with van der Waals surface area (Å²) in [5.41, 5.74) is -0.568. The first-order valence-electron chi connectivity index (χ1n) is 6.45. The maximum atomic E-state index is 11.0. The molecule has 0 unspecified atom stereocenters. The summed E-state index contributed by atoms with van der Waals surface area (Å²) in [6, 6.07) is 0.799. The Hall–Kier alpha value is -0.570. The highest BCUT2D eigenvalue weighted by molar-refractivity contribution is 5.73. The van der Waals surface area contributed by atoms with Gasteiger partial charge in [0.05, 0.1) is 5.41 Å². The number of nitrogens with zero attached hydrogens (tertiary/aromatic N) is 1. The molecule has 0 radical (unpaired) electrons. The third kappa shape index (κ3) is 4.12. The van der Waals surface area contributed by atoms with Crippen LogP contribution in [0, 0.1) is 5.41 Å². The lowest BCUT2D eigenvalue weighted by Gasteiger charge is -2.24. The predicted molar refractivity (Wildman–Crippen MR) is 65.5 cm³/mol. The number of hydrogen-bond acceptors (Lipinski definition) is 2. The van der Waals surface area contributed by atoms with E-state index in [2.05, 4.69) is 11.8 Å². The normalized spacial score (nSPS) is 16.8. The second-order valence-corrected chi connectivity index (χ2v) is 5.56. The molecular weight excluding hydrogens is 202 g/mol. The largest absolute Gasteiger partial charge is 0.481 e. The maximum absolute atomic E-state index is 11.0. The van der Waals surface area contributed by atoms with Gasteiger partial charge in [-0.1, -0.05) is 6.92 Å². The molecule has 1 saturated carbocycles. The molecule has 0 bridgehead atoms. The smallest absolute Gasteiger partial charge is 0.309 e. The highest BCUT2D eigenvalue weighted by atomic mass is 16.4. The average molecular weight is 227 g/mol. The van der Waals surface area contributed by atoms with Crippen molar-refractivity contribution in [1.29, 1.82) is 0 Å². The Balaban J connectivity index is 2.24. The van der Waals surface area contributed by atoms with Crippen molar-refractivity contribution >= 4 is 5.97 Å². The van der Waals surface area contributed by atoms with Gasteiger partial charge in [-0.05, 0) is 59.0 Å². The van der Waals surface area contributed by atoms with Gasteiger partial charge in [-0.25, -0.2) is 0 Å². The molecule has 0 atom stereocenters. The van der Waals surface area contributed by atoms with Crippen molar-refractivity contribution in [3.63, 3.8) is 0 Å². The zero-order valence-electron chi connectivity index (χ0n) is 10.8. The highest BCUT2D eigenvalue weighted by Gasteiger charge is 2.30. The number of hydrogen-bond donors (Lipinski definition) is 1. The first-order valence-corrected chi connectivity index (χ1v) is 6.45. The van der Waals surface area contributed by atoms with E-state index in [4.69, 9.17) is 5.11 Å². The average Bonchev–Trinajstić information content (AvgIpc) is 2.99. The molecule has 0 aromatic carbocycles. The summed E-state index contributed by atoms with van der Waals surface area (Å²) in [7, 11) is 0. The molecule has 1 aliphatic rings. The summed E-state index contributed by atoms with van der Waals surface area (Å²) in [5, 5.41) is 9.02. The third-order valence-electron chi connectivity index (χ3n) is 3.40. The highest BCUT2D eigenvalue weighted by Crippen LogP contribution is 2.28. The maximum Gasteiger partial charge on any atom is 0.309 e. The fraction of sp³-hybridized carbons (Fsp3) is 0.923. The van der Waals surface area contributed by atoms with E-state index in [9.17, 15) is 4.79 Å². The van der Waals surface area contributed by atoms with E-state index in [-0.39, 0.29) is 0 Å². The van der Waals surface area contributed by atoms with Crippen molar-refractivity contribution in [3.05, 3.63) is 0 Å². The molecule has 1 aliphatic carbocycles. The number of carbonyl (C=O) groups is 1. The van der Waals surface area contributed by atoms with Crippen LogP contribution in [-0.4, -0.2) is 35.1 Å². The van der Waals surface area contributed by atoms with Crippen LogP contribution in [0.1, 0.15) is 52.9 Å². The second-order valence-electron chi connectivity index (χ2n) is 5.56. The van der Waals surface area contributed by atoms with Crippen molar-refractivity contribution in [2.24, 2.45) is 5.41 Å². The zero-order chi connectivity index (χ0) is 12.2. The van der Waals surface area contributed by atoms with Crippen LogP contribution in [0.15, 0.2) is 0 Å². The molecule has 3 nitrogen and oxygen atoms in total. The first-order chi connectivity index (χ1) is 7.47. The van der Waals surface area contributed by atoms with Crippen LogP contribution in [0.4, 0.5) is 0 Å². The van der Waals surface area contributed by atoms with Crippen molar-refractivity contribution in [2.45, 2.75) is 58.9 Å². The van der Waals surface area contributed by atoms with Crippen molar-refractivity contribution in [2.75, 3.05) is 13.1 Å². The molecule has 0 saturated heterocycles. The molecule has 0 amide bonds. The molecule has 16 heavy (non-hydrogen) atoms. The first kappa shape index (κ1) is 13.5. The zero-order valence-corrected chi connectivity index (χ0v) is 10.8. The van der Waals surface area contributed by atoms with Crippen molar-refractivity contribution in [3.8, 4) is 0 Å². The Morgan fingerprint density at radius 1 is 1.38 bits per heavy atom. The van der Waals surface area contributed by atoms with Gasteiger partial charge in [0.25, 0.3) is 0 Å². The molecule has 0 aromatic rings. The quantitative estimate of drug-likeness (QED) is 0.693. The van der Waals surface area contributed by atoms with Gasteiger partial charge in [-0.2, -0.15) is 0 Å². The van der Waals surface area contributed by atoms with Crippen LogP contribution in [0.3, 0.4) is 0 Å². The van der Waals surface area contributed by atoms with E-state index in [1.165, 1.54) is 19.3 Å². The van der Waals surface area contributed by atoms with Gasteiger partial charge in [-0.15, -0.1) is 0 Å². The predicted octanol–water partition coefficient (Wildman–Crippen LogP) is 2.75. The standard InChI is InChI=1S/C13H25NO2/c1-4-9-14(11-6-7-11)10-5-8-13(2,3)12(15)16/h11H,4-10H2,1-3H3,(H,15,16). The second kappa shape index (κ2) is 5.67. The summed E-state index contributed by atoms with van der Waals surface area (Å²) in [4.78, 5) is 13.5. The van der Waals surface area contributed by atoms with E-state index in [0.29, 0.717) is 0 Å². The fourth-order valence-electron chi connectivity index (χ4n) is 2.03. The summed E-state index contributed by atoms with van der Waals surface area (Å²) >= 11 is 0. The molecule has 0 spiro atoms. The van der Waals surface area contributed by atoms with Crippen LogP contribution in [0.25, 0.3) is 0 Å². The third-order valence-corrected chi connectivity index (χ3v) is 3.40. The summed E-state index contributed by atoms with van der Waals surface area (Å²) in [6.45, 7) is 8.07. The van der Waals surface area contributed by atoms with Crippen molar-refractivity contribution in [1.82, 2.24) is 4.90 Å². The molecule has 3 heteroatoms. The molecule has 0 aliphatic heterocycles. The summed E-state index contributed by atoms with van der Waals surface area (Å²) in [5.74, 6) is -0.680. The summed E-state index contributed by atoms with van der Waals surface area (Å²) < 4.78 is 0. The number of carboxylic acids is 1. The van der Waals surface area contributed by atoms with Crippen molar-refractivity contribution < 1.29 is 9.90 Å². The van der Waals surface area contributed by atoms with Gasteiger partial charge in [0.2, 0.25) is 0 Å². The topological polar surface area (TPSA) is 40.5 Å². The van der Waals surface area contributed by atoms with Gasteiger partial charge < -0.3 is 10.0 Å². The van der Waals surface area contributed by atoms with E-state index in [0.717, 1.165) is 32.0 Å². The van der Waals surface area contributed by atoms with Gasteiger partial charge in [-0.3, -0.25) is 4.79 Å². The van der Waals surface area contributed by atoms with Gasteiger partial charge in [0, 0.05) is 6.04 Å². The van der Waals surface area contributed by atoms with E-state index in [1.54, 1.807) is 0 Å². The molecule has 1 fully saturated rings. The molecule has 1 N–H and O–H groups in total. The van der Waals surface area contributed by atoms with E-state index >= 15 is 0 Å². The Morgan fingerprint density at radius 3 is 2.44 bits per heavy atom. The van der Waals surface area contributed by atoms with E-state index in [1.807, 2.05) is 13.8 Å². The number of rotatable bonds is 8. The van der Waals surface area contributed by atoms with Crippen LogP contribution in [0.2, 0.25) is 0 Å². The fourth-order valence-corrected chi connectivity index (χ4v) is 2.03. The van der Waals surface area contributed by atoms with Gasteiger partial charge >= 0.3 is 5.97 Å². The SMILES string of the molecule is CCCN(CCCC(C)(C)C(=O)O)C1CC1. The van der Waals surface area contributed by atoms with Crippen LogP contribution >= 0.6 is 0 Å². The molecule has 0 aromatic heterocycles. The van der Waals surface area contributed by atoms with Crippen LogP contribution < -0.4 is 0 Å². The minimum atomic E-state index is -0.680. The monoisotopic (exact) mass is 227 g/mol. The number of aliphatic carboxylic acids is 1. The lowest BCUT2D eigenvalue weighted by Crippen LogP contribution is -2.30. The molecule has 94 valence electrons. The van der Waals surface area contributed by atoms with Crippen LogP contribution in [0.5, 0.6) is 0 Å². The Kier molecular flexibility index (Phi) is 4.78.